The largest absolute Gasteiger partial charge is 0.380 e. The maximum Gasteiger partial charge on any atom is 0.0593 e. The second-order valence-electron chi connectivity index (χ2n) is 6.33. The van der Waals surface area contributed by atoms with Gasteiger partial charge >= 0.3 is 0 Å². The number of ether oxygens (including phenoxy) is 1. The summed E-state index contributed by atoms with van der Waals surface area (Å²) in [5, 5.41) is 3.48. The highest BCUT2D eigenvalue weighted by atomic mass is 16.5. The molecule has 0 atom stereocenters. The summed E-state index contributed by atoms with van der Waals surface area (Å²) >= 11 is 0. The lowest BCUT2D eigenvalue weighted by Gasteiger charge is -2.21. The van der Waals surface area contributed by atoms with Crippen LogP contribution in [0.5, 0.6) is 0 Å². The van der Waals surface area contributed by atoms with Crippen LogP contribution in [0.1, 0.15) is 45.9 Å². The fourth-order valence-electron chi connectivity index (χ4n) is 1.94. The number of nitrogens with one attached hydrogen (secondary N) is 1. The molecule has 0 spiro atoms. The maximum absolute atomic E-state index is 5.42. The van der Waals surface area contributed by atoms with Crippen LogP contribution in [-0.2, 0) is 17.8 Å². The number of rotatable bonds is 9. The van der Waals surface area contributed by atoms with Crippen molar-refractivity contribution in [3.63, 3.8) is 0 Å². The van der Waals surface area contributed by atoms with Crippen LogP contribution in [0.4, 0.5) is 0 Å². The molecule has 0 aromatic carbocycles. The van der Waals surface area contributed by atoms with Crippen molar-refractivity contribution in [1.29, 1.82) is 0 Å². The minimum atomic E-state index is 0.136. The second kappa shape index (κ2) is 9.13. The zero-order chi connectivity index (χ0) is 15.7. The summed E-state index contributed by atoms with van der Waals surface area (Å²) in [6.45, 7) is 16.0. The van der Waals surface area contributed by atoms with Crippen molar-refractivity contribution in [3.8, 4) is 0 Å². The zero-order valence-electron chi connectivity index (χ0n) is 14.3. The molecule has 120 valence electrons. The van der Waals surface area contributed by atoms with E-state index in [-0.39, 0.29) is 5.54 Å². The monoisotopic (exact) mass is 293 g/mol. The molecule has 0 saturated carbocycles. The van der Waals surface area contributed by atoms with Crippen molar-refractivity contribution in [1.82, 2.24) is 15.2 Å². The third kappa shape index (κ3) is 8.15. The van der Waals surface area contributed by atoms with E-state index >= 15 is 0 Å². The fourth-order valence-corrected chi connectivity index (χ4v) is 1.94. The molecule has 1 rings (SSSR count). The van der Waals surface area contributed by atoms with E-state index in [1.807, 2.05) is 13.1 Å². The topological polar surface area (TPSA) is 37.4 Å². The molecule has 0 radical (unpaired) electrons. The van der Waals surface area contributed by atoms with Crippen LogP contribution in [0, 0.1) is 0 Å². The second-order valence-corrected chi connectivity index (χ2v) is 6.33. The minimum absolute atomic E-state index is 0.136. The Bertz CT molecular complexity index is 384. The van der Waals surface area contributed by atoms with Gasteiger partial charge in [0.25, 0.3) is 0 Å². The van der Waals surface area contributed by atoms with Crippen LogP contribution in [0.25, 0.3) is 0 Å². The number of likely N-dealkylation sites (N-methyl/N-ethyl adjacent to an activating group) is 1. The van der Waals surface area contributed by atoms with E-state index in [1.165, 1.54) is 5.56 Å². The number of hydrogen-bond acceptors (Lipinski definition) is 4. The lowest BCUT2D eigenvalue weighted by molar-refractivity contribution is 0.112. The molecule has 4 heteroatoms. The molecule has 0 aliphatic heterocycles. The van der Waals surface area contributed by atoms with Crippen molar-refractivity contribution in [2.75, 3.05) is 26.3 Å². The Morgan fingerprint density at radius 1 is 1.24 bits per heavy atom. The molecule has 1 aromatic rings. The molecular formula is C17H31N3O. The Labute approximate surface area is 129 Å². The molecule has 0 aliphatic carbocycles. The van der Waals surface area contributed by atoms with Gasteiger partial charge in [0, 0.05) is 38.0 Å². The summed E-state index contributed by atoms with van der Waals surface area (Å²) in [6.07, 6.45) is 1.98. The molecular weight excluding hydrogens is 262 g/mol. The molecule has 1 aromatic heterocycles. The highest BCUT2D eigenvalue weighted by Crippen LogP contribution is 2.06. The Morgan fingerprint density at radius 3 is 2.52 bits per heavy atom. The molecule has 4 nitrogen and oxygen atoms in total. The van der Waals surface area contributed by atoms with Crippen LogP contribution >= 0.6 is 0 Å². The van der Waals surface area contributed by atoms with E-state index < -0.39 is 0 Å². The van der Waals surface area contributed by atoms with Gasteiger partial charge in [-0.3, -0.25) is 9.88 Å². The van der Waals surface area contributed by atoms with E-state index in [0.29, 0.717) is 0 Å². The van der Waals surface area contributed by atoms with Gasteiger partial charge in [-0.2, -0.15) is 0 Å². The van der Waals surface area contributed by atoms with Crippen molar-refractivity contribution in [2.45, 2.75) is 53.2 Å². The molecule has 1 N–H and O–H groups in total. The van der Waals surface area contributed by atoms with Crippen LogP contribution in [-0.4, -0.2) is 41.7 Å². The average molecular weight is 293 g/mol. The molecule has 0 bridgehead atoms. The number of nitrogens with zero attached hydrogens (tertiary/aromatic N) is 2. The van der Waals surface area contributed by atoms with Crippen molar-refractivity contribution in [3.05, 3.63) is 29.6 Å². The van der Waals surface area contributed by atoms with Gasteiger partial charge in [-0.25, -0.2) is 0 Å². The van der Waals surface area contributed by atoms with Gasteiger partial charge in [0.1, 0.15) is 0 Å². The van der Waals surface area contributed by atoms with Gasteiger partial charge in [-0.15, -0.1) is 0 Å². The number of aromatic nitrogens is 1. The summed E-state index contributed by atoms with van der Waals surface area (Å²) in [5.41, 5.74) is 2.48. The predicted octanol–water partition coefficient (Wildman–Crippen LogP) is 2.83. The van der Waals surface area contributed by atoms with E-state index in [9.17, 15) is 0 Å². The standard InChI is InChI=1S/C17H31N3O/c1-6-20(10-11-21-7-2)14-16-9-8-15(12-18-16)13-19-17(3,4)5/h8-9,12,19H,6-7,10-11,13-14H2,1-5H3. The SMILES string of the molecule is CCOCCN(CC)Cc1ccc(CNC(C)(C)C)cn1. The minimum Gasteiger partial charge on any atom is -0.380 e. The van der Waals surface area contributed by atoms with Crippen LogP contribution in [0.15, 0.2) is 18.3 Å². The molecule has 0 aliphatic rings. The maximum atomic E-state index is 5.42. The van der Waals surface area contributed by atoms with Gasteiger partial charge in [0.05, 0.1) is 12.3 Å². The zero-order valence-corrected chi connectivity index (χ0v) is 14.3. The summed E-state index contributed by atoms with van der Waals surface area (Å²) in [7, 11) is 0. The summed E-state index contributed by atoms with van der Waals surface area (Å²) in [4.78, 5) is 6.93. The normalized spacial score (nSPS) is 12.1. The molecule has 21 heavy (non-hydrogen) atoms. The van der Waals surface area contributed by atoms with E-state index in [2.05, 4.69) is 55.0 Å². The average Bonchev–Trinajstić information content (AvgIpc) is 2.45. The summed E-state index contributed by atoms with van der Waals surface area (Å²) < 4.78 is 5.42. The Morgan fingerprint density at radius 2 is 2.00 bits per heavy atom. The van der Waals surface area contributed by atoms with Gasteiger partial charge in [-0.1, -0.05) is 13.0 Å². The Hall–Kier alpha value is -0.970. The first-order chi connectivity index (χ1) is 9.94. The van der Waals surface area contributed by atoms with Crippen LogP contribution in [0.2, 0.25) is 0 Å². The summed E-state index contributed by atoms with van der Waals surface area (Å²) in [6, 6.07) is 4.29. The number of hydrogen-bond donors (Lipinski definition) is 1. The van der Waals surface area contributed by atoms with E-state index in [0.717, 1.165) is 45.1 Å². The lowest BCUT2D eigenvalue weighted by atomic mass is 10.1. The van der Waals surface area contributed by atoms with Gasteiger partial charge < -0.3 is 10.1 Å². The van der Waals surface area contributed by atoms with Crippen LogP contribution < -0.4 is 5.32 Å². The van der Waals surface area contributed by atoms with Crippen LogP contribution in [0.3, 0.4) is 0 Å². The molecule has 0 fully saturated rings. The van der Waals surface area contributed by atoms with E-state index in [1.54, 1.807) is 0 Å². The molecule has 1 heterocycles. The molecule has 0 unspecified atom stereocenters. The van der Waals surface area contributed by atoms with Gasteiger partial charge in [-0.05, 0) is 45.9 Å². The third-order valence-electron chi connectivity index (χ3n) is 3.30. The first kappa shape index (κ1) is 18.1. The molecule has 0 saturated heterocycles. The summed E-state index contributed by atoms with van der Waals surface area (Å²) in [5.74, 6) is 0. The fraction of sp³-hybridized carbons (Fsp3) is 0.706. The van der Waals surface area contributed by atoms with Crippen molar-refractivity contribution >= 4 is 0 Å². The Balaban J connectivity index is 2.45. The smallest absolute Gasteiger partial charge is 0.0593 e. The number of pyridine rings is 1. The quantitative estimate of drug-likeness (QED) is 0.710. The van der Waals surface area contributed by atoms with E-state index in [4.69, 9.17) is 4.74 Å². The predicted molar refractivity (Wildman–Crippen MR) is 88.3 cm³/mol. The highest BCUT2D eigenvalue weighted by molar-refractivity contribution is 5.14. The highest BCUT2D eigenvalue weighted by Gasteiger charge is 2.09. The molecule has 0 amide bonds. The first-order valence-electron chi connectivity index (χ1n) is 7.93. The Kier molecular flexibility index (Phi) is 7.86. The van der Waals surface area contributed by atoms with Gasteiger partial charge in [0.15, 0.2) is 0 Å². The van der Waals surface area contributed by atoms with Gasteiger partial charge in [0.2, 0.25) is 0 Å². The lowest BCUT2D eigenvalue weighted by Crippen LogP contribution is -2.35. The third-order valence-corrected chi connectivity index (χ3v) is 3.30. The van der Waals surface area contributed by atoms with Crippen molar-refractivity contribution in [2.24, 2.45) is 0 Å². The van der Waals surface area contributed by atoms with Crippen molar-refractivity contribution < 1.29 is 4.74 Å². The first-order valence-corrected chi connectivity index (χ1v) is 7.93.